The van der Waals surface area contributed by atoms with E-state index in [0.29, 0.717) is 0 Å². The lowest BCUT2D eigenvalue weighted by molar-refractivity contribution is 0.959. The third-order valence-electron chi connectivity index (χ3n) is 1.07. The van der Waals surface area contributed by atoms with Crippen LogP contribution in [0.2, 0.25) is 0 Å². The molecule has 0 heteroatoms. The molecule has 52 valence electrons. The molecule has 0 nitrogen and oxygen atoms in total. The summed E-state index contributed by atoms with van der Waals surface area (Å²) in [6, 6.07) is 0. The van der Waals surface area contributed by atoms with Crippen LogP contribution in [-0.4, -0.2) is 0 Å². The minimum atomic E-state index is 1.14. The van der Waals surface area contributed by atoms with E-state index < -0.39 is 0 Å². The Kier molecular flexibility index (Phi) is 7.05. The second-order valence-electron chi connectivity index (χ2n) is 2.05. The first-order valence-electron chi connectivity index (χ1n) is 3.73. The van der Waals surface area contributed by atoms with Crippen LogP contribution in [0, 0.1) is 0 Å². The van der Waals surface area contributed by atoms with Crippen LogP contribution in [0.5, 0.6) is 0 Å². The van der Waals surface area contributed by atoms with Gasteiger partial charge in [-0.05, 0) is 12.8 Å². The van der Waals surface area contributed by atoms with Crippen LogP contribution in [0.4, 0.5) is 0 Å². The summed E-state index contributed by atoms with van der Waals surface area (Å²) in [6.07, 6.45) is 12.2. The third kappa shape index (κ3) is 7.48. The Bertz CT molecular complexity index is 88.2. The highest BCUT2D eigenvalue weighted by molar-refractivity contribution is 5.01. The van der Waals surface area contributed by atoms with Crippen molar-refractivity contribution >= 4 is 0 Å². The van der Waals surface area contributed by atoms with Crippen molar-refractivity contribution in [3.63, 3.8) is 0 Å². The number of allylic oxidation sites excluding steroid dienone is 4. The molecule has 0 aromatic carbocycles. The van der Waals surface area contributed by atoms with E-state index in [1.54, 1.807) is 0 Å². The van der Waals surface area contributed by atoms with Gasteiger partial charge in [0.25, 0.3) is 0 Å². The summed E-state index contributed by atoms with van der Waals surface area (Å²) in [7, 11) is 0. The summed E-state index contributed by atoms with van der Waals surface area (Å²) in [4.78, 5) is 0. The molecule has 0 fully saturated rings. The van der Waals surface area contributed by atoms with Gasteiger partial charge in [-0.3, -0.25) is 0 Å². The molecule has 0 radical (unpaired) electrons. The molecule has 0 spiro atoms. The van der Waals surface area contributed by atoms with E-state index in [2.05, 4.69) is 38.2 Å². The van der Waals surface area contributed by atoms with Gasteiger partial charge in [0.1, 0.15) is 0 Å². The lowest BCUT2D eigenvalue weighted by Crippen LogP contribution is -1.58. The molecule has 9 heavy (non-hydrogen) atoms. The predicted octanol–water partition coefficient (Wildman–Crippen LogP) is 3.31. The molecule has 0 aromatic heterocycles. The number of unbranched alkanes of at least 4 members (excludes halogenated alkanes) is 1. The van der Waals surface area contributed by atoms with E-state index in [-0.39, 0.29) is 0 Å². The van der Waals surface area contributed by atoms with E-state index in [0.717, 1.165) is 6.42 Å². The van der Waals surface area contributed by atoms with Gasteiger partial charge in [0.2, 0.25) is 0 Å². The van der Waals surface area contributed by atoms with Crippen LogP contribution >= 0.6 is 0 Å². The molecule has 0 aliphatic heterocycles. The van der Waals surface area contributed by atoms with E-state index in [9.17, 15) is 0 Å². The summed E-state index contributed by atoms with van der Waals surface area (Å²) < 4.78 is 0. The summed E-state index contributed by atoms with van der Waals surface area (Å²) in [5.41, 5.74) is 0. The lowest BCUT2D eigenvalue weighted by Gasteiger charge is -1.79. The van der Waals surface area contributed by atoms with Crippen molar-refractivity contribution in [2.75, 3.05) is 0 Å². The molecule has 0 bridgehead atoms. The Morgan fingerprint density at radius 1 is 1.00 bits per heavy atom. The highest BCUT2D eigenvalue weighted by Gasteiger charge is 1.68. The van der Waals surface area contributed by atoms with E-state index in [1.807, 2.05) is 0 Å². The standard InChI is InChI=1S/C9H16/c1-3-5-7-9-8-6-4-2/h5,7-9H,3-4,6H2,1-2H3/b7-5?,9-8+. The van der Waals surface area contributed by atoms with E-state index in [1.165, 1.54) is 12.8 Å². The SMILES string of the molecule is CCC=C/C=C/CCC. The minimum absolute atomic E-state index is 1.14. The quantitative estimate of drug-likeness (QED) is 0.504. The molecule has 0 N–H and O–H groups in total. The number of rotatable bonds is 4. The minimum Gasteiger partial charge on any atom is -0.0848 e. The third-order valence-corrected chi connectivity index (χ3v) is 1.07. The van der Waals surface area contributed by atoms with Crippen molar-refractivity contribution in [1.29, 1.82) is 0 Å². The number of hydrogen-bond acceptors (Lipinski definition) is 0. The molecule has 0 aromatic rings. The van der Waals surface area contributed by atoms with E-state index >= 15 is 0 Å². The zero-order valence-corrected chi connectivity index (χ0v) is 6.43. The van der Waals surface area contributed by atoms with Crippen molar-refractivity contribution in [3.8, 4) is 0 Å². The summed E-state index contributed by atoms with van der Waals surface area (Å²) in [5.74, 6) is 0. The summed E-state index contributed by atoms with van der Waals surface area (Å²) in [5, 5.41) is 0. The monoisotopic (exact) mass is 124 g/mol. The van der Waals surface area contributed by atoms with Crippen molar-refractivity contribution in [2.45, 2.75) is 33.1 Å². The van der Waals surface area contributed by atoms with Crippen LogP contribution in [0.1, 0.15) is 33.1 Å². The van der Waals surface area contributed by atoms with Crippen LogP contribution in [0.25, 0.3) is 0 Å². The van der Waals surface area contributed by atoms with Crippen molar-refractivity contribution < 1.29 is 0 Å². The highest BCUT2D eigenvalue weighted by Crippen LogP contribution is 1.89. The van der Waals surface area contributed by atoms with Gasteiger partial charge in [-0.15, -0.1) is 0 Å². The maximum Gasteiger partial charge on any atom is -0.0350 e. The molecule has 0 saturated carbocycles. The van der Waals surface area contributed by atoms with Gasteiger partial charge in [-0.1, -0.05) is 44.6 Å². The second-order valence-corrected chi connectivity index (χ2v) is 2.05. The smallest absolute Gasteiger partial charge is 0.0350 e. The molecular weight excluding hydrogens is 108 g/mol. The first-order chi connectivity index (χ1) is 4.41. The molecule has 0 atom stereocenters. The van der Waals surface area contributed by atoms with Gasteiger partial charge in [0.05, 0.1) is 0 Å². The molecular formula is C9H16. The first kappa shape index (κ1) is 8.48. The van der Waals surface area contributed by atoms with Gasteiger partial charge in [0, 0.05) is 0 Å². The molecule has 0 saturated heterocycles. The molecule has 0 heterocycles. The van der Waals surface area contributed by atoms with Crippen molar-refractivity contribution in [3.05, 3.63) is 24.3 Å². The maximum absolute atomic E-state index is 2.20. The second kappa shape index (κ2) is 7.48. The number of hydrogen-bond donors (Lipinski definition) is 0. The summed E-state index contributed by atoms with van der Waals surface area (Å²) in [6.45, 7) is 4.33. The van der Waals surface area contributed by atoms with Crippen LogP contribution < -0.4 is 0 Å². The molecule has 0 rings (SSSR count). The Hall–Kier alpha value is -0.520. The largest absolute Gasteiger partial charge is 0.0848 e. The Morgan fingerprint density at radius 2 is 1.67 bits per heavy atom. The molecule has 0 unspecified atom stereocenters. The van der Waals surface area contributed by atoms with Crippen LogP contribution in [-0.2, 0) is 0 Å². The van der Waals surface area contributed by atoms with Crippen molar-refractivity contribution in [1.82, 2.24) is 0 Å². The normalized spacial score (nSPS) is 11.8. The van der Waals surface area contributed by atoms with Gasteiger partial charge >= 0.3 is 0 Å². The predicted molar refractivity (Wildman–Crippen MR) is 43.5 cm³/mol. The molecule has 0 aliphatic carbocycles. The zero-order valence-electron chi connectivity index (χ0n) is 6.43. The topological polar surface area (TPSA) is 0 Å². The Balaban J connectivity index is 3.13. The fourth-order valence-electron chi connectivity index (χ4n) is 0.556. The molecule has 0 amide bonds. The van der Waals surface area contributed by atoms with Crippen molar-refractivity contribution in [2.24, 2.45) is 0 Å². The van der Waals surface area contributed by atoms with Gasteiger partial charge < -0.3 is 0 Å². The van der Waals surface area contributed by atoms with E-state index in [4.69, 9.17) is 0 Å². The summed E-state index contributed by atoms with van der Waals surface area (Å²) >= 11 is 0. The Labute approximate surface area is 58.3 Å². The van der Waals surface area contributed by atoms with Gasteiger partial charge in [0.15, 0.2) is 0 Å². The highest BCUT2D eigenvalue weighted by atomic mass is 13.7. The Morgan fingerprint density at radius 3 is 2.22 bits per heavy atom. The average molecular weight is 124 g/mol. The molecule has 0 aliphatic rings. The zero-order chi connectivity index (χ0) is 6.95. The van der Waals surface area contributed by atoms with Crippen LogP contribution in [0.3, 0.4) is 0 Å². The lowest BCUT2D eigenvalue weighted by atomic mass is 10.3. The van der Waals surface area contributed by atoms with Gasteiger partial charge in [-0.2, -0.15) is 0 Å². The first-order valence-corrected chi connectivity index (χ1v) is 3.73. The average Bonchev–Trinajstić information content (AvgIpc) is 1.89. The van der Waals surface area contributed by atoms with Gasteiger partial charge in [-0.25, -0.2) is 0 Å². The maximum atomic E-state index is 2.20. The fourth-order valence-corrected chi connectivity index (χ4v) is 0.556. The van der Waals surface area contributed by atoms with Crippen LogP contribution in [0.15, 0.2) is 24.3 Å². The fraction of sp³-hybridized carbons (Fsp3) is 0.556.